The first kappa shape index (κ1) is 17.0. The lowest BCUT2D eigenvalue weighted by Crippen LogP contribution is -2.29. The maximum atomic E-state index is 11.7. The molecule has 20 heavy (non-hydrogen) atoms. The van der Waals surface area contributed by atoms with Gasteiger partial charge in [0.1, 0.15) is 5.75 Å². The second kappa shape index (κ2) is 9.01. The van der Waals surface area contributed by atoms with E-state index < -0.39 is 0 Å². The van der Waals surface area contributed by atoms with E-state index in [1.54, 1.807) is 0 Å². The Kier molecular flexibility index (Phi) is 7.67. The quantitative estimate of drug-likeness (QED) is 0.717. The van der Waals surface area contributed by atoms with Gasteiger partial charge in [-0.15, -0.1) is 0 Å². The van der Waals surface area contributed by atoms with Crippen LogP contribution < -0.4 is 10.1 Å². The van der Waals surface area contributed by atoms with Crippen LogP contribution in [0.4, 0.5) is 0 Å². The van der Waals surface area contributed by atoms with Crippen LogP contribution >= 0.6 is 15.9 Å². The number of carbonyl (C=O) groups is 1. The minimum Gasteiger partial charge on any atom is -0.483 e. The highest BCUT2D eigenvalue weighted by atomic mass is 79.9. The normalized spacial score (nSPS) is 10.7. The minimum absolute atomic E-state index is 0.0567. The fourth-order valence-electron chi connectivity index (χ4n) is 1.90. The first-order chi connectivity index (χ1) is 9.54. The number of amides is 1. The molecule has 0 aliphatic rings. The van der Waals surface area contributed by atoms with Crippen molar-refractivity contribution in [3.05, 3.63) is 28.2 Å². The molecule has 0 saturated carbocycles. The largest absolute Gasteiger partial charge is 0.483 e. The van der Waals surface area contributed by atoms with E-state index in [0.717, 1.165) is 41.6 Å². The van der Waals surface area contributed by atoms with Gasteiger partial charge in [-0.25, -0.2) is 0 Å². The predicted octanol–water partition coefficient (Wildman–Crippen LogP) is 4.26. The Morgan fingerprint density at radius 2 is 2.10 bits per heavy atom. The lowest BCUT2D eigenvalue weighted by Gasteiger charge is -2.14. The SMILES string of the molecule is CCCCCNC(=O)COc1ccc(Br)cc1C(C)C. The number of carbonyl (C=O) groups excluding carboxylic acids is 1. The lowest BCUT2D eigenvalue weighted by atomic mass is 10.0. The van der Waals surface area contributed by atoms with Gasteiger partial charge in [-0.3, -0.25) is 4.79 Å². The first-order valence-electron chi connectivity index (χ1n) is 7.23. The number of unbranched alkanes of at least 4 members (excludes halogenated alkanes) is 2. The molecule has 0 atom stereocenters. The summed E-state index contributed by atoms with van der Waals surface area (Å²) >= 11 is 3.46. The Bertz CT molecular complexity index is 432. The molecule has 1 N–H and O–H groups in total. The van der Waals surface area contributed by atoms with Crippen molar-refractivity contribution < 1.29 is 9.53 Å². The molecule has 0 fully saturated rings. The van der Waals surface area contributed by atoms with E-state index in [2.05, 4.69) is 42.0 Å². The molecule has 1 aromatic carbocycles. The van der Waals surface area contributed by atoms with Crippen molar-refractivity contribution in [1.82, 2.24) is 5.32 Å². The first-order valence-corrected chi connectivity index (χ1v) is 8.02. The van der Waals surface area contributed by atoms with Crippen molar-refractivity contribution in [2.75, 3.05) is 13.2 Å². The Morgan fingerprint density at radius 3 is 2.75 bits per heavy atom. The monoisotopic (exact) mass is 341 g/mol. The number of halogens is 1. The molecule has 0 saturated heterocycles. The van der Waals surface area contributed by atoms with Crippen LogP contribution in [0.2, 0.25) is 0 Å². The zero-order valence-electron chi connectivity index (χ0n) is 12.5. The van der Waals surface area contributed by atoms with Crippen molar-refractivity contribution in [2.24, 2.45) is 0 Å². The number of hydrogen-bond donors (Lipinski definition) is 1. The summed E-state index contributed by atoms with van der Waals surface area (Å²) in [5, 5.41) is 2.87. The topological polar surface area (TPSA) is 38.3 Å². The van der Waals surface area contributed by atoms with Gasteiger partial charge in [0, 0.05) is 11.0 Å². The molecule has 112 valence electrons. The molecule has 0 radical (unpaired) electrons. The smallest absolute Gasteiger partial charge is 0.257 e. The third-order valence-electron chi connectivity index (χ3n) is 3.06. The van der Waals surface area contributed by atoms with Crippen molar-refractivity contribution in [2.45, 2.75) is 46.0 Å². The van der Waals surface area contributed by atoms with Gasteiger partial charge in [-0.2, -0.15) is 0 Å². The van der Waals surface area contributed by atoms with Crippen molar-refractivity contribution in [3.8, 4) is 5.75 Å². The van der Waals surface area contributed by atoms with E-state index >= 15 is 0 Å². The van der Waals surface area contributed by atoms with Crippen molar-refractivity contribution in [3.63, 3.8) is 0 Å². The number of hydrogen-bond acceptors (Lipinski definition) is 2. The maximum absolute atomic E-state index is 11.7. The molecule has 0 heterocycles. The summed E-state index contributed by atoms with van der Waals surface area (Å²) < 4.78 is 6.66. The van der Waals surface area contributed by atoms with Crippen LogP contribution in [-0.2, 0) is 4.79 Å². The fourth-order valence-corrected chi connectivity index (χ4v) is 2.28. The Hall–Kier alpha value is -1.03. The number of ether oxygens (including phenoxy) is 1. The standard InChI is InChI=1S/C16H24BrNO2/c1-4-5-6-9-18-16(19)11-20-15-8-7-13(17)10-14(15)12(2)3/h7-8,10,12H,4-6,9,11H2,1-3H3,(H,18,19). The zero-order valence-corrected chi connectivity index (χ0v) is 14.1. The van der Waals surface area contributed by atoms with Crippen LogP contribution in [0.15, 0.2) is 22.7 Å². The van der Waals surface area contributed by atoms with Gasteiger partial charge in [-0.1, -0.05) is 49.5 Å². The number of rotatable bonds is 8. The second-order valence-corrected chi connectivity index (χ2v) is 6.10. The summed E-state index contributed by atoms with van der Waals surface area (Å²) in [6.45, 7) is 7.17. The molecule has 0 bridgehead atoms. The summed E-state index contributed by atoms with van der Waals surface area (Å²) in [6.07, 6.45) is 3.33. The molecule has 1 rings (SSSR count). The second-order valence-electron chi connectivity index (χ2n) is 5.18. The number of benzene rings is 1. The Labute approximate surface area is 130 Å². The maximum Gasteiger partial charge on any atom is 0.257 e. The highest BCUT2D eigenvalue weighted by Gasteiger charge is 2.10. The fraction of sp³-hybridized carbons (Fsp3) is 0.562. The van der Waals surface area contributed by atoms with Crippen LogP contribution in [0.3, 0.4) is 0 Å². The van der Waals surface area contributed by atoms with Gasteiger partial charge in [-0.05, 0) is 36.1 Å². The summed E-state index contributed by atoms with van der Waals surface area (Å²) in [5.74, 6) is 1.08. The molecule has 0 aliphatic heterocycles. The molecule has 1 amide bonds. The highest BCUT2D eigenvalue weighted by Crippen LogP contribution is 2.29. The highest BCUT2D eigenvalue weighted by molar-refractivity contribution is 9.10. The van der Waals surface area contributed by atoms with Crippen LogP contribution in [0.5, 0.6) is 5.75 Å². The van der Waals surface area contributed by atoms with Crippen LogP contribution in [0.1, 0.15) is 51.5 Å². The van der Waals surface area contributed by atoms with Crippen LogP contribution in [-0.4, -0.2) is 19.1 Å². The van der Waals surface area contributed by atoms with Gasteiger partial charge >= 0.3 is 0 Å². The average molecular weight is 342 g/mol. The van der Waals surface area contributed by atoms with Gasteiger partial charge in [0.05, 0.1) is 0 Å². The van der Waals surface area contributed by atoms with Crippen LogP contribution in [0.25, 0.3) is 0 Å². The average Bonchev–Trinajstić information content (AvgIpc) is 2.42. The molecule has 0 aliphatic carbocycles. The van der Waals surface area contributed by atoms with Crippen molar-refractivity contribution in [1.29, 1.82) is 0 Å². The van der Waals surface area contributed by atoms with Crippen LogP contribution in [0, 0.1) is 0 Å². The third-order valence-corrected chi connectivity index (χ3v) is 3.55. The Balaban J connectivity index is 2.47. The Morgan fingerprint density at radius 1 is 1.35 bits per heavy atom. The minimum atomic E-state index is -0.0567. The lowest BCUT2D eigenvalue weighted by molar-refractivity contribution is -0.123. The van der Waals surface area contributed by atoms with Gasteiger partial charge in [0.15, 0.2) is 6.61 Å². The summed E-state index contributed by atoms with van der Waals surface area (Å²) in [4.78, 5) is 11.7. The van der Waals surface area contributed by atoms with E-state index in [-0.39, 0.29) is 12.5 Å². The molecule has 3 nitrogen and oxygen atoms in total. The zero-order chi connectivity index (χ0) is 15.0. The number of nitrogens with one attached hydrogen (secondary N) is 1. The van der Waals surface area contributed by atoms with E-state index in [1.165, 1.54) is 0 Å². The molecular formula is C16H24BrNO2. The molecule has 1 aromatic rings. The molecule has 4 heteroatoms. The molecule has 0 aromatic heterocycles. The van der Waals surface area contributed by atoms with Crippen molar-refractivity contribution >= 4 is 21.8 Å². The third kappa shape index (κ3) is 5.95. The van der Waals surface area contributed by atoms with E-state index in [9.17, 15) is 4.79 Å². The molecule has 0 unspecified atom stereocenters. The summed E-state index contributed by atoms with van der Waals surface area (Å²) in [7, 11) is 0. The summed E-state index contributed by atoms with van der Waals surface area (Å²) in [5.41, 5.74) is 1.11. The van der Waals surface area contributed by atoms with Gasteiger partial charge in [0.25, 0.3) is 5.91 Å². The van der Waals surface area contributed by atoms with E-state index in [1.807, 2.05) is 18.2 Å². The molecule has 0 spiro atoms. The van der Waals surface area contributed by atoms with E-state index in [0.29, 0.717) is 5.92 Å². The molecular weight excluding hydrogens is 318 g/mol. The summed E-state index contributed by atoms with van der Waals surface area (Å²) in [6, 6.07) is 5.88. The predicted molar refractivity (Wildman–Crippen MR) is 86.3 cm³/mol. The van der Waals surface area contributed by atoms with Gasteiger partial charge < -0.3 is 10.1 Å². The van der Waals surface area contributed by atoms with E-state index in [4.69, 9.17) is 4.74 Å². The van der Waals surface area contributed by atoms with Gasteiger partial charge in [0.2, 0.25) is 0 Å².